The maximum absolute atomic E-state index is 12.2. The van der Waals surface area contributed by atoms with E-state index in [-0.39, 0.29) is 11.9 Å². The SMILES string of the molecule is Cc1occc1C(=O)N[C@H](C)c1ccc(-n2cccc2)cc1. The Bertz CT molecular complexity index is 755. The first-order valence-corrected chi connectivity index (χ1v) is 7.23. The summed E-state index contributed by atoms with van der Waals surface area (Å²) in [5.41, 5.74) is 2.74. The monoisotopic (exact) mass is 294 g/mol. The molecule has 4 heteroatoms. The molecular weight excluding hydrogens is 276 g/mol. The van der Waals surface area contributed by atoms with E-state index in [9.17, 15) is 4.79 Å². The average molecular weight is 294 g/mol. The van der Waals surface area contributed by atoms with Crippen molar-refractivity contribution in [1.29, 1.82) is 0 Å². The van der Waals surface area contributed by atoms with Crippen LogP contribution in [0, 0.1) is 6.92 Å². The zero-order chi connectivity index (χ0) is 15.5. The number of rotatable bonds is 4. The maximum atomic E-state index is 12.2. The summed E-state index contributed by atoms with van der Waals surface area (Å²) in [5, 5.41) is 2.99. The molecule has 0 aliphatic heterocycles. The third-order valence-electron chi connectivity index (χ3n) is 3.75. The number of nitrogens with one attached hydrogen (secondary N) is 1. The first kappa shape index (κ1) is 14.2. The van der Waals surface area contributed by atoms with Gasteiger partial charge in [0.25, 0.3) is 5.91 Å². The quantitative estimate of drug-likeness (QED) is 0.794. The Balaban J connectivity index is 1.71. The Hall–Kier alpha value is -2.75. The largest absolute Gasteiger partial charge is 0.469 e. The highest BCUT2D eigenvalue weighted by atomic mass is 16.3. The highest BCUT2D eigenvalue weighted by Gasteiger charge is 2.15. The zero-order valence-electron chi connectivity index (χ0n) is 12.6. The third-order valence-corrected chi connectivity index (χ3v) is 3.75. The lowest BCUT2D eigenvalue weighted by molar-refractivity contribution is 0.0938. The number of nitrogens with zero attached hydrogens (tertiary/aromatic N) is 1. The number of amides is 1. The number of aryl methyl sites for hydroxylation is 1. The van der Waals surface area contributed by atoms with Gasteiger partial charge in [-0.25, -0.2) is 0 Å². The summed E-state index contributed by atoms with van der Waals surface area (Å²) in [6.07, 6.45) is 5.53. The Kier molecular flexibility index (Phi) is 3.83. The molecule has 1 aromatic carbocycles. The Morgan fingerprint density at radius 1 is 1.14 bits per heavy atom. The number of carbonyl (C=O) groups is 1. The van der Waals surface area contributed by atoms with Gasteiger partial charge in [0.15, 0.2) is 0 Å². The predicted octanol–water partition coefficient (Wildman–Crippen LogP) is 3.87. The van der Waals surface area contributed by atoms with E-state index in [0.29, 0.717) is 11.3 Å². The molecule has 0 radical (unpaired) electrons. The van der Waals surface area contributed by atoms with Gasteiger partial charge >= 0.3 is 0 Å². The number of furan rings is 1. The predicted molar refractivity (Wildman–Crippen MR) is 85.1 cm³/mol. The van der Waals surface area contributed by atoms with Crippen LogP contribution in [0.4, 0.5) is 0 Å². The molecule has 3 rings (SSSR count). The average Bonchev–Trinajstić information content (AvgIpc) is 3.18. The molecule has 0 spiro atoms. The van der Waals surface area contributed by atoms with Gasteiger partial charge in [0.1, 0.15) is 5.76 Å². The second kappa shape index (κ2) is 5.93. The first-order valence-electron chi connectivity index (χ1n) is 7.23. The summed E-state index contributed by atoms with van der Waals surface area (Å²) >= 11 is 0. The lowest BCUT2D eigenvalue weighted by atomic mass is 10.1. The van der Waals surface area contributed by atoms with Crippen molar-refractivity contribution in [2.24, 2.45) is 0 Å². The van der Waals surface area contributed by atoms with Crippen molar-refractivity contribution >= 4 is 5.91 Å². The van der Waals surface area contributed by atoms with E-state index < -0.39 is 0 Å². The standard InChI is InChI=1S/C18H18N2O2/c1-13(19-18(21)17-9-12-22-14(17)2)15-5-7-16(8-6-15)20-10-3-4-11-20/h3-13H,1-2H3,(H,19,21)/t13-/m1/s1. The van der Waals surface area contributed by atoms with Crippen LogP contribution >= 0.6 is 0 Å². The fourth-order valence-corrected chi connectivity index (χ4v) is 2.42. The highest BCUT2D eigenvalue weighted by molar-refractivity contribution is 5.95. The van der Waals surface area contributed by atoms with Gasteiger partial charge in [-0.3, -0.25) is 4.79 Å². The topological polar surface area (TPSA) is 47.2 Å². The van der Waals surface area contributed by atoms with Crippen LogP contribution in [0.2, 0.25) is 0 Å². The normalized spacial score (nSPS) is 12.1. The minimum Gasteiger partial charge on any atom is -0.469 e. The van der Waals surface area contributed by atoms with Crippen LogP contribution in [0.15, 0.2) is 65.5 Å². The van der Waals surface area contributed by atoms with Gasteiger partial charge in [-0.05, 0) is 49.7 Å². The minimum atomic E-state index is -0.117. The molecule has 2 aromatic heterocycles. The zero-order valence-corrected chi connectivity index (χ0v) is 12.6. The second-order valence-electron chi connectivity index (χ2n) is 5.27. The summed E-state index contributed by atoms with van der Waals surface area (Å²) in [6, 6.07) is 13.7. The van der Waals surface area contributed by atoms with Gasteiger partial charge in [-0.1, -0.05) is 12.1 Å². The summed E-state index contributed by atoms with van der Waals surface area (Å²) < 4.78 is 7.21. The van der Waals surface area contributed by atoms with Crippen molar-refractivity contribution in [1.82, 2.24) is 9.88 Å². The van der Waals surface area contributed by atoms with E-state index in [0.717, 1.165) is 11.3 Å². The Labute approximate surface area is 129 Å². The molecule has 1 amide bonds. The van der Waals surface area contributed by atoms with Crippen molar-refractivity contribution < 1.29 is 9.21 Å². The maximum Gasteiger partial charge on any atom is 0.255 e. The van der Waals surface area contributed by atoms with Gasteiger partial charge < -0.3 is 14.3 Å². The Morgan fingerprint density at radius 3 is 2.41 bits per heavy atom. The van der Waals surface area contributed by atoms with Crippen molar-refractivity contribution in [3.8, 4) is 5.69 Å². The number of aromatic nitrogens is 1. The van der Waals surface area contributed by atoms with Gasteiger partial charge in [0, 0.05) is 18.1 Å². The van der Waals surface area contributed by atoms with Crippen LogP contribution in [0.3, 0.4) is 0 Å². The van der Waals surface area contributed by atoms with Crippen LogP contribution in [-0.4, -0.2) is 10.5 Å². The van der Waals surface area contributed by atoms with E-state index in [2.05, 4.69) is 5.32 Å². The minimum absolute atomic E-state index is 0.0690. The third kappa shape index (κ3) is 2.81. The van der Waals surface area contributed by atoms with Crippen LogP contribution < -0.4 is 5.32 Å². The molecule has 0 bridgehead atoms. The summed E-state index contributed by atoms with van der Waals surface area (Å²) in [7, 11) is 0. The molecule has 2 heterocycles. The number of carbonyl (C=O) groups excluding carboxylic acids is 1. The number of benzene rings is 1. The molecule has 4 nitrogen and oxygen atoms in total. The van der Waals surface area contributed by atoms with E-state index in [4.69, 9.17) is 4.42 Å². The molecule has 0 fully saturated rings. The second-order valence-corrected chi connectivity index (χ2v) is 5.27. The summed E-state index contributed by atoms with van der Waals surface area (Å²) in [5.74, 6) is 0.515. The van der Waals surface area contributed by atoms with Gasteiger partial charge in [-0.2, -0.15) is 0 Å². The molecule has 1 N–H and O–H groups in total. The van der Waals surface area contributed by atoms with Crippen molar-refractivity contribution in [2.45, 2.75) is 19.9 Å². The van der Waals surface area contributed by atoms with Crippen molar-refractivity contribution in [2.75, 3.05) is 0 Å². The number of hydrogen-bond acceptors (Lipinski definition) is 2. The smallest absolute Gasteiger partial charge is 0.255 e. The van der Waals surface area contributed by atoms with E-state index in [1.165, 1.54) is 6.26 Å². The van der Waals surface area contributed by atoms with Gasteiger partial charge in [-0.15, -0.1) is 0 Å². The molecule has 0 unspecified atom stereocenters. The van der Waals surface area contributed by atoms with Crippen molar-refractivity contribution in [3.63, 3.8) is 0 Å². The van der Waals surface area contributed by atoms with Gasteiger partial charge in [0.2, 0.25) is 0 Å². The molecular formula is C18H18N2O2. The summed E-state index contributed by atoms with van der Waals surface area (Å²) in [6.45, 7) is 3.75. The van der Waals surface area contributed by atoms with Crippen LogP contribution in [-0.2, 0) is 0 Å². The highest BCUT2D eigenvalue weighted by Crippen LogP contribution is 2.17. The van der Waals surface area contributed by atoms with Crippen LogP contribution in [0.5, 0.6) is 0 Å². The molecule has 0 aliphatic rings. The molecule has 0 saturated carbocycles. The molecule has 3 aromatic rings. The number of hydrogen-bond donors (Lipinski definition) is 1. The van der Waals surface area contributed by atoms with E-state index in [1.807, 2.05) is 60.3 Å². The Morgan fingerprint density at radius 2 is 1.82 bits per heavy atom. The van der Waals surface area contributed by atoms with E-state index >= 15 is 0 Å². The van der Waals surface area contributed by atoms with E-state index in [1.54, 1.807) is 13.0 Å². The fourth-order valence-electron chi connectivity index (χ4n) is 2.42. The lowest BCUT2D eigenvalue weighted by Gasteiger charge is -2.15. The molecule has 0 saturated heterocycles. The molecule has 0 aliphatic carbocycles. The first-order chi connectivity index (χ1) is 10.6. The fraction of sp³-hybridized carbons (Fsp3) is 0.167. The summed E-state index contributed by atoms with van der Waals surface area (Å²) in [4.78, 5) is 12.2. The molecule has 1 atom stereocenters. The van der Waals surface area contributed by atoms with Crippen LogP contribution in [0.1, 0.15) is 34.6 Å². The van der Waals surface area contributed by atoms with Crippen LogP contribution in [0.25, 0.3) is 5.69 Å². The molecule has 22 heavy (non-hydrogen) atoms. The van der Waals surface area contributed by atoms with Gasteiger partial charge in [0.05, 0.1) is 17.9 Å². The lowest BCUT2D eigenvalue weighted by Crippen LogP contribution is -2.26. The molecule has 112 valence electrons. The van der Waals surface area contributed by atoms with Crippen molar-refractivity contribution in [3.05, 3.63) is 78.0 Å².